The lowest BCUT2D eigenvalue weighted by Gasteiger charge is -2.01. The zero-order valence-corrected chi connectivity index (χ0v) is 10.3. The van der Waals surface area contributed by atoms with Gasteiger partial charge in [-0.2, -0.15) is 0 Å². The molecule has 0 saturated heterocycles. The van der Waals surface area contributed by atoms with Crippen LogP contribution in [-0.4, -0.2) is 13.4 Å². The fourth-order valence-corrected chi connectivity index (χ4v) is 3.19. The largest absolute Gasteiger partial charge is 0.496 e. The van der Waals surface area contributed by atoms with E-state index in [1.165, 1.54) is 0 Å². The number of carbonyl (C=O) groups excluding carboxylic acids is 1. The predicted molar refractivity (Wildman–Crippen MR) is 67.8 cm³/mol. The summed E-state index contributed by atoms with van der Waals surface area (Å²) in [6.45, 7) is 2.12. The molecule has 0 aliphatic heterocycles. The number of methoxy groups -OCH3 is 1. The number of carbonyl (C=O) groups is 1. The summed E-state index contributed by atoms with van der Waals surface area (Å²) in [4.78, 5) is 12.4. The molecule has 84 valence electrons. The van der Waals surface area contributed by atoms with Crippen LogP contribution in [0.25, 0.3) is 10.1 Å². The number of hydrogen-bond donors (Lipinski definition) is 0. The van der Waals surface area contributed by atoms with Gasteiger partial charge in [0.1, 0.15) is 5.75 Å². The molecule has 1 aromatic carbocycles. The van der Waals surface area contributed by atoms with Gasteiger partial charge in [0.25, 0.3) is 0 Å². The van der Waals surface area contributed by atoms with E-state index < -0.39 is 0 Å². The number of aryl methyl sites for hydroxylation is 1. The maximum Gasteiger partial charge on any atom is 0.151 e. The molecule has 0 fully saturated rings. The number of thiophene rings is 1. The lowest BCUT2D eigenvalue weighted by atomic mass is 10.1. The van der Waals surface area contributed by atoms with E-state index in [2.05, 4.69) is 6.92 Å². The second-order valence-electron chi connectivity index (χ2n) is 3.64. The van der Waals surface area contributed by atoms with E-state index in [1.54, 1.807) is 18.4 Å². The summed E-state index contributed by atoms with van der Waals surface area (Å²) in [7, 11) is 1.64. The lowest BCUT2D eigenvalue weighted by molar-refractivity contribution is 0.112. The number of aldehydes is 1. The Kier molecular flexibility index (Phi) is 3.25. The SMILES string of the molecule is CCCc1sc2cccc(OC)c2c1C=O. The van der Waals surface area contributed by atoms with Gasteiger partial charge in [0, 0.05) is 20.5 Å². The molecule has 1 heterocycles. The summed E-state index contributed by atoms with van der Waals surface area (Å²) in [5.74, 6) is 0.790. The second-order valence-corrected chi connectivity index (χ2v) is 4.78. The summed E-state index contributed by atoms with van der Waals surface area (Å²) in [5, 5.41) is 0.966. The van der Waals surface area contributed by atoms with Gasteiger partial charge in [0.15, 0.2) is 6.29 Å². The summed E-state index contributed by atoms with van der Waals surface area (Å²) in [6.07, 6.45) is 2.96. The third kappa shape index (κ3) is 1.71. The van der Waals surface area contributed by atoms with Gasteiger partial charge in [0.05, 0.1) is 7.11 Å². The van der Waals surface area contributed by atoms with Crippen molar-refractivity contribution in [1.29, 1.82) is 0 Å². The highest BCUT2D eigenvalue weighted by Crippen LogP contribution is 2.36. The molecule has 2 nitrogen and oxygen atoms in total. The molecule has 0 saturated carbocycles. The molecular formula is C13H14O2S. The molecule has 2 aromatic rings. The fourth-order valence-electron chi connectivity index (χ4n) is 1.90. The van der Waals surface area contributed by atoms with E-state index in [1.807, 2.05) is 18.2 Å². The van der Waals surface area contributed by atoms with Crippen molar-refractivity contribution in [2.75, 3.05) is 7.11 Å². The van der Waals surface area contributed by atoms with Crippen molar-refractivity contribution in [2.45, 2.75) is 19.8 Å². The van der Waals surface area contributed by atoms with Crippen LogP contribution in [0.4, 0.5) is 0 Å². The van der Waals surface area contributed by atoms with Crippen molar-refractivity contribution in [1.82, 2.24) is 0 Å². The summed E-state index contributed by atoms with van der Waals surface area (Å²) < 4.78 is 6.44. The van der Waals surface area contributed by atoms with Crippen molar-refractivity contribution in [3.05, 3.63) is 28.6 Å². The van der Waals surface area contributed by atoms with E-state index in [0.29, 0.717) is 0 Å². The van der Waals surface area contributed by atoms with Crippen LogP contribution in [-0.2, 0) is 6.42 Å². The quantitative estimate of drug-likeness (QED) is 0.754. The Balaban J connectivity index is 2.72. The van der Waals surface area contributed by atoms with Crippen LogP contribution < -0.4 is 4.74 Å². The molecule has 0 atom stereocenters. The van der Waals surface area contributed by atoms with Crippen LogP contribution in [0.2, 0.25) is 0 Å². The Bertz CT molecular complexity index is 514. The van der Waals surface area contributed by atoms with Crippen molar-refractivity contribution in [3.63, 3.8) is 0 Å². The van der Waals surface area contributed by atoms with E-state index >= 15 is 0 Å². The van der Waals surface area contributed by atoms with Crippen molar-refractivity contribution >= 4 is 27.7 Å². The first-order valence-corrected chi connectivity index (χ1v) is 6.17. The number of fused-ring (bicyclic) bond motifs is 1. The minimum atomic E-state index is 0.790. The second kappa shape index (κ2) is 4.66. The lowest BCUT2D eigenvalue weighted by Crippen LogP contribution is -1.88. The molecule has 0 N–H and O–H groups in total. The Morgan fingerprint density at radius 1 is 1.44 bits per heavy atom. The topological polar surface area (TPSA) is 26.3 Å². The molecule has 2 rings (SSSR count). The Morgan fingerprint density at radius 3 is 2.88 bits per heavy atom. The zero-order valence-electron chi connectivity index (χ0n) is 9.45. The molecule has 3 heteroatoms. The van der Waals surface area contributed by atoms with Crippen LogP contribution in [0.5, 0.6) is 5.75 Å². The standard InChI is InChI=1S/C13H14O2S/c1-3-5-11-9(8-14)13-10(15-2)6-4-7-12(13)16-11/h4,6-8H,3,5H2,1-2H3. The van der Waals surface area contributed by atoms with Crippen LogP contribution >= 0.6 is 11.3 Å². The summed E-state index contributed by atoms with van der Waals surface area (Å²) >= 11 is 1.69. The molecule has 1 aromatic heterocycles. The first-order valence-electron chi connectivity index (χ1n) is 5.35. The molecule has 0 aliphatic rings. The minimum absolute atomic E-state index is 0.790. The maximum atomic E-state index is 11.2. The van der Waals surface area contributed by atoms with Crippen LogP contribution in [0.1, 0.15) is 28.6 Å². The molecule has 0 spiro atoms. The molecule has 0 aliphatic carbocycles. The highest BCUT2D eigenvalue weighted by Gasteiger charge is 2.14. The van der Waals surface area contributed by atoms with Gasteiger partial charge in [-0.25, -0.2) is 0 Å². The normalized spacial score (nSPS) is 10.6. The van der Waals surface area contributed by atoms with Gasteiger partial charge < -0.3 is 4.74 Å². The smallest absolute Gasteiger partial charge is 0.151 e. The van der Waals surface area contributed by atoms with Gasteiger partial charge >= 0.3 is 0 Å². The zero-order chi connectivity index (χ0) is 11.5. The Labute approximate surface area is 98.9 Å². The Hall–Kier alpha value is -1.35. The number of benzene rings is 1. The Morgan fingerprint density at radius 2 is 2.25 bits per heavy atom. The van der Waals surface area contributed by atoms with Crippen LogP contribution in [0.3, 0.4) is 0 Å². The molecule has 0 radical (unpaired) electrons. The molecule has 16 heavy (non-hydrogen) atoms. The summed E-state index contributed by atoms with van der Waals surface area (Å²) in [6, 6.07) is 5.90. The van der Waals surface area contributed by atoms with Gasteiger partial charge in [-0.1, -0.05) is 19.4 Å². The first-order chi connectivity index (χ1) is 7.81. The molecule has 0 unspecified atom stereocenters. The van der Waals surface area contributed by atoms with Gasteiger partial charge in [-0.3, -0.25) is 4.79 Å². The van der Waals surface area contributed by atoms with E-state index in [4.69, 9.17) is 4.74 Å². The van der Waals surface area contributed by atoms with Crippen LogP contribution in [0, 0.1) is 0 Å². The highest BCUT2D eigenvalue weighted by molar-refractivity contribution is 7.19. The predicted octanol–water partition coefficient (Wildman–Crippen LogP) is 3.67. The van der Waals surface area contributed by atoms with Crippen molar-refractivity contribution in [2.24, 2.45) is 0 Å². The first kappa shape index (κ1) is 11.1. The van der Waals surface area contributed by atoms with E-state index in [-0.39, 0.29) is 0 Å². The molecular weight excluding hydrogens is 220 g/mol. The van der Waals surface area contributed by atoms with Crippen molar-refractivity contribution in [3.8, 4) is 5.75 Å². The van der Waals surface area contributed by atoms with E-state index in [9.17, 15) is 4.79 Å². The highest BCUT2D eigenvalue weighted by atomic mass is 32.1. The number of rotatable bonds is 4. The van der Waals surface area contributed by atoms with E-state index in [0.717, 1.165) is 45.4 Å². The third-order valence-electron chi connectivity index (χ3n) is 2.61. The van der Waals surface area contributed by atoms with Gasteiger partial charge in [-0.15, -0.1) is 11.3 Å². The van der Waals surface area contributed by atoms with Gasteiger partial charge in [0.2, 0.25) is 0 Å². The fraction of sp³-hybridized carbons (Fsp3) is 0.308. The number of ether oxygens (including phenoxy) is 1. The average molecular weight is 234 g/mol. The molecule has 0 bridgehead atoms. The minimum Gasteiger partial charge on any atom is -0.496 e. The van der Waals surface area contributed by atoms with Crippen molar-refractivity contribution < 1.29 is 9.53 Å². The monoisotopic (exact) mass is 234 g/mol. The third-order valence-corrected chi connectivity index (χ3v) is 3.84. The average Bonchev–Trinajstić information content (AvgIpc) is 2.66. The maximum absolute atomic E-state index is 11.2. The summed E-state index contributed by atoms with van der Waals surface area (Å²) in [5.41, 5.74) is 0.805. The van der Waals surface area contributed by atoms with Gasteiger partial charge in [-0.05, 0) is 18.6 Å². The molecule has 0 amide bonds. The number of hydrogen-bond acceptors (Lipinski definition) is 3. The van der Waals surface area contributed by atoms with Crippen LogP contribution in [0.15, 0.2) is 18.2 Å².